The lowest BCUT2D eigenvalue weighted by Crippen LogP contribution is -1.77. The highest BCUT2D eigenvalue weighted by Crippen LogP contribution is 2.24. The Bertz CT molecular complexity index is 403. The van der Waals surface area contributed by atoms with Gasteiger partial charge >= 0.3 is 0 Å². The van der Waals surface area contributed by atoms with Crippen LogP contribution in [0, 0.1) is 6.92 Å². The first-order chi connectivity index (χ1) is 5.83. The van der Waals surface area contributed by atoms with E-state index >= 15 is 0 Å². The molecule has 0 atom stereocenters. The van der Waals surface area contributed by atoms with Crippen LogP contribution in [0.5, 0.6) is 0 Å². The molecule has 1 nitrogen and oxygen atoms in total. The van der Waals surface area contributed by atoms with Crippen molar-refractivity contribution in [2.45, 2.75) is 12.8 Å². The van der Waals surface area contributed by atoms with Gasteiger partial charge in [0.1, 0.15) is 5.58 Å². The first-order valence-electron chi connectivity index (χ1n) is 3.84. The third kappa shape index (κ3) is 1.01. The number of rotatable bonds is 1. The van der Waals surface area contributed by atoms with E-state index in [0.29, 0.717) is 5.88 Å². The summed E-state index contributed by atoms with van der Waals surface area (Å²) in [4.78, 5) is 0. The number of benzene rings is 1. The third-order valence-electron chi connectivity index (χ3n) is 2.02. The molecule has 2 rings (SSSR count). The van der Waals surface area contributed by atoms with Gasteiger partial charge in [0.15, 0.2) is 0 Å². The second-order valence-electron chi connectivity index (χ2n) is 2.85. The van der Waals surface area contributed by atoms with Gasteiger partial charge < -0.3 is 4.42 Å². The molecule has 2 heteroatoms. The van der Waals surface area contributed by atoms with E-state index in [1.165, 1.54) is 0 Å². The molecule has 1 aromatic carbocycles. The molecule has 0 fully saturated rings. The SMILES string of the molecule is Cc1coc2c(CCl)cccc12. The molecule has 0 radical (unpaired) electrons. The van der Waals surface area contributed by atoms with E-state index in [1.807, 2.05) is 25.1 Å². The van der Waals surface area contributed by atoms with Gasteiger partial charge in [-0.25, -0.2) is 0 Å². The zero-order chi connectivity index (χ0) is 8.55. The molecule has 0 aliphatic carbocycles. The van der Waals surface area contributed by atoms with Gasteiger partial charge in [-0.15, -0.1) is 11.6 Å². The number of alkyl halides is 1. The predicted octanol–water partition coefficient (Wildman–Crippen LogP) is 3.48. The smallest absolute Gasteiger partial charge is 0.138 e. The van der Waals surface area contributed by atoms with Crippen LogP contribution in [0.15, 0.2) is 28.9 Å². The molecule has 0 saturated carbocycles. The number of para-hydroxylation sites is 1. The van der Waals surface area contributed by atoms with Crippen LogP contribution in [0.4, 0.5) is 0 Å². The Hall–Kier alpha value is -0.950. The van der Waals surface area contributed by atoms with E-state index in [0.717, 1.165) is 22.1 Å². The molecular formula is C10H9ClO. The van der Waals surface area contributed by atoms with Gasteiger partial charge in [-0.05, 0) is 12.5 Å². The van der Waals surface area contributed by atoms with Gasteiger partial charge in [-0.1, -0.05) is 18.2 Å². The molecule has 12 heavy (non-hydrogen) atoms. The number of hydrogen-bond acceptors (Lipinski definition) is 1. The van der Waals surface area contributed by atoms with Crippen LogP contribution in [0.2, 0.25) is 0 Å². The molecule has 0 N–H and O–H groups in total. The molecule has 62 valence electrons. The lowest BCUT2D eigenvalue weighted by molar-refractivity contribution is 0.610. The fourth-order valence-corrected chi connectivity index (χ4v) is 1.56. The molecule has 0 aliphatic heterocycles. The van der Waals surface area contributed by atoms with Crippen molar-refractivity contribution in [3.63, 3.8) is 0 Å². The number of furan rings is 1. The zero-order valence-electron chi connectivity index (χ0n) is 6.80. The van der Waals surface area contributed by atoms with Crippen molar-refractivity contribution >= 4 is 22.6 Å². The van der Waals surface area contributed by atoms with Gasteiger partial charge in [0.25, 0.3) is 0 Å². The van der Waals surface area contributed by atoms with E-state index in [4.69, 9.17) is 16.0 Å². The monoisotopic (exact) mass is 180 g/mol. The molecule has 0 spiro atoms. The molecule has 0 amide bonds. The van der Waals surface area contributed by atoms with Gasteiger partial charge in [-0.3, -0.25) is 0 Å². The molecule has 0 unspecified atom stereocenters. The Kier molecular flexibility index (Phi) is 1.81. The molecule has 0 bridgehead atoms. The summed E-state index contributed by atoms with van der Waals surface area (Å²) in [6.07, 6.45) is 1.76. The first-order valence-corrected chi connectivity index (χ1v) is 4.38. The summed E-state index contributed by atoms with van der Waals surface area (Å²) in [5.41, 5.74) is 3.14. The first kappa shape index (κ1) is 7.69. The standard InChI is InChI=1S/C10H9ClO/c1-7-6-12-10-8(5-11)3-2-4-9(7)10/h2-4,6H,5H2,1H3. The highest BCUT2D eigenvalue weighted by molar-refractivity contribution is 6.17. The van der Waals surface area contributed by atoms with E-state index in [2.05, 4.69) is 0 Å². The van der Waals surface area contributed by atoms with Crippen molar-refractivity contribution in [2.24, 2.45) is 0 Å². The van der Waals surface area contributed by atoms with Crippen LogP contribution in [-0.2, 0) is 5.88 Å². The number of fused-ring (bicyclic) bond motifs is 1. The van der Waals surface area contributed by atoms with E-state index < -0.39 is 0 Å². The second-order valence-corrected chi connectivity index (χ2v) is 3.11. The minimum Gasteiger partial charge on any atom is -0.464 e. The Balaban J connectivity index is 2.81. The van der Waals surface area contributed by atoms with Crippen molar-refractivity contribution in [3.8, 4) is 0 Å². The molecule has 0 saturated heterocycles. The van der Waals surface area contributed by atoms with Crippen molar-refractivity contribution < 1.29 is 4.42 Å². The maximum Gasteiger partial charge on any atom is 0.138 e. The molecule has 0 aliphatic rings. The minimum atomic E-state index is 0.504. The number of hydrogen-bond donors (Lipinski definition) is 0. The topological polar surface area (TPSA) is 13.1 Å². The summed E-state index contributed by atoms with van der Waals surface area (Å²) >= 11 is 5.76. The summed E-state index contributed by atoms with van der Waals surface area (Å²) < 4.78 is 5.39. The molecule has 1 heterocycles. The molecule has 2 aromatic rings. The number of halogens is 1. The highest BCUT2D eigenvalue weighted by atomic mass is 35.5. The van der Waals surface area contributed by atoms with E-state index in [1.54, 1.807) is 6.26 Å². The molecular weight excluding hydrogens is 172 g/mol. The van der Waals surface area contributed by atoms with Gasteiger partial charge in [0, 0.05) is 10.9 Å². The van der Waals surface area contributed by atoms with Crippen LogP contribution >= 0.6 is 11.6 Å². The summed E-state index contributed by atoms with van der Waals surface area (Å²) in [6, 6.07) is 6.03. The summed E-state index contributed by atoms with van der Waals surface area (Å²) in [5.74, 6) is 0.504. The lowest BCUT2D eigenvalue weighted by Gasteiger charge is -1.95. The second kappa shape index (κ2) is 2.83. The largest absolute Gasteiger partial charge is 0.464 e. The summed E-state index contributed by atoms with van der Waals surface area (Å²) in [6.45, 7) is 2.03. The van der Waals surface area contributed by atoms with Crippen molar-refractivity contribution in [2.75, 3.05) is 0 Å². The van der Waals surface area contributed by atoms with E-state index in [-0.39, 0.29) is 0 Å². The van der Waals surface area contributed by atoms with Gasteiger partial charge in [-0.2, -0.15) is 0 Å². The number of aryl methyl sites for hydroxylation is 1. The zero-order valence-corrected chi connectivity index (χ0v) is 7.56. The minimum absolute atomic E-state index is 0.504. The molecule has 1 aromatic heterocycles. The average molecular weight is 181 g/mol. The maximum atomic E-state index is 5.76. The fraction of sp³-hybridized carbons (Fsp3) is 0.200. The fourth-order valence-electron chi connectivity index (χ4n) is 1.35. The van der Waals surface area contributed by atoms with Crippen molar-refractivity contribution in [1.29, 1.82) is 0 Å². The Morgan fingerprint density at radius 2 is 2.25 bits per heavy atom. The van der Waals surface area contributed by atoms with Crippen LogP contribution in [0.1, 0.15) is 11.1 Å². The highest BCUT2D eigenvalue weighted by Gasteiger charge is 2.04. The van der Waals surface area contributed by atoms with Crippen LogP contribution in [0.25, 0.3) is 11.0 Å². The quantitative estimate of drug-likeness (QED) is 0.613. The Morgan fingerprint density at radius 3 is 3.00 bits per heavy atom. The van der Waals surface area contributed by atoms with Crippen LogP contribution < -0.4 is 0 Å². The summed E-state index contributed by atoms with van der Waals surface area (Å²) in [7, 11) is 0. The van der Waals surface area contributed by atoms with Crippen molar-refractivity contribution in [3.05, 3.63) is 35.6 Å². The van der Waals surface area contributed by atoms with Crippen LogP contribution in [-0.4, -0.2) is 0 Å². The third-order valence-corrected chi connectivity index (χ3v) is 2.31. The lowest BCUT2D eigenvalue weighted by atomic mass is 10.1. The van der Waals surface area contributed by atoms with Crippen LogP contribution in [0.3, 0.4) is 0 Å². The maximum absolute atomic E-state index is 5.76. The normalized spacial score (nSPS) is 10.8. The Labute approximate surface area is 75.9 Å². The predicted molar refractivity (Wildman–Crippen MR) is 50.5 cm³/mol. The summed E-state index contributed by atoms with van der Waals surface area (Å²) in [5, 5.41) is 1.16. The Morgan fingerprint density at radius 1 is 1.42 bits per heavy atom. The van der Waals surface area contributed by atoms with Gasteiger partial charge in [0.2, 0.25) is 0 Å². The average Bonchev–Trinajstić information content (AvgIpc) is 2.48. The van der Waals surface area contributed by atoms with Gasteiger partial charge in [0.05, 0.1) is 12.1 Å². The van der Waals surface area contributed by atoms with Crippen molar-refractivity contribution in [1.82, 2.24) is 0 Å². The van der Waals surface area contributed by atoms with E-state index in [9.17, 15) is 0 Å².